The average Bonchev–Trinajstić information content (AvgIpc) is 2.46. The Hall–Kier alpha value is -1.87. The lowest BCUT2D eigenvalue weighted by Crippen LogP contribution is -2.06. The Bertz CT molecular complexity index is 508. The van der Waals surface area contributed by atoms with Crippen LogP contribution in [0.15, 0.2) is 48.8 Å². The lowest BCUT2D eigenvalue weighted by molar-refractivity contribution is 0.167. The highest BCUT2D eigenvalue weighted by atomic mass is 16.5. The van der Waals surface area contributed by atoms with E-state index in [4.69, 9.17) is 4.74 Å². The summed E-state index contributed by atoms with van der Waals surface area (Å²) in [7, 11) is 0. The van der Waals surface area contributed by atoms with Crippen LogP contribution < -0.4 is 4.74 Å². The fraction of sp³-hybridized carbons (Fsp3) is 0.353. The number of aromatic nitrogens is 1. The first kappa shape index (κ1) is 14.5. The van der Waals surface area contributed by atoms with E-state index in [0.29, 0.717) is 6.42 Å². The number of ether oxygens (including phenoxy) is 1. The number of pyridine rings is 1. The van der Waals surface area contributed by atoms with E-state index in [9.17, 15) is 5.11 Å². The number of rotatable bonds is 6. The summed E-state index contributed by atoms with van der Waals surface area (Å²) in [6, 6.07) is 11.6. The van der Waals surface area contributed by atoms with Crippen LogP contribution in [0, 0.1) is 0 Å². The average molecular weight is 271 g/mol. The van der Waals surface area contributed by atoms with Gasteiger partial charge in [-0.1, -0.05) is 18.2 Å². The van der Waals surface area contributed by atoms with E-state index in [1.54, 1.807) is 6.20 Å². The molecular weight excluding hydrogens is 250 g/mol. The maximum atomic E-state index is 10.2. The predicted octanol–water partition coefficient (Wildman–Crippen LogP) is 3.54. The van der Waals surface area contributed by atoms with Crippen molar-refractivity contribution >= 4 is 0 Å². The Balaban J connectivity index is 1.90. The Morgan fingerprint density at radius 1 is 1.15 bits per heavy atom. The molecule has 0 saturated heterocycles. The van der Waals surface area contributed by atoms with Crippen LogP contribution in [0.1, 0.15) is 37.5 Å². The highest BCUT2D eigenvalue weighted by Crippen LogP contribution is 2.22. The molecule has 3 nitrogen and oxygen atoms in total. The van der Waals surface area contributed by atoms with Crippen LogP contribution >= 0.6 is 0 Å². The van der Waals surface area contributed by atoms with Crippen molar-refractivity contribution in [2.24, 2.45) is 0 Å². The second-order valence-corrected chi connectivity index (χ2v) is 5.15. The second-order valence-electron chi connectivity index (χ2n) is 5.15. The van der Waals surface area contributed by atoms with Gasteiger partial charge in [0.05, 0.1) is 12.2 Å². The van der Waals surface area contributed by atoms with Crippen molar-refractivity contribution in [2.75, 3.05) is 0 Å². The van der Waals surface area contributed by atoms with E-state index in [0.717, 1.165) is 23.3 Å². The molecule has 2 rings (SSSR count). The Kier molecular flexibility index (Phi) is 5.13. The number of aryl methyl sites for hydroxylation is 1. The number of aliphatic hydroxyl groups excluding tert-OH is 1. The monoisotopic (exact) mass is 271 g/mol. The molecule has 0 spiro atoms. The first-order valence-electron chi connectivity index (χ1n) is 6.98. The van der Waals surface area contributed by atoms with Crippen molar-refractivity contribution in [1.29, 1.82) is 0 Å². The molecule has 1 aromatic heterocycles. The van der Waals surface area contributed by atoms with Crippen LogP contribution in [-0.4, -0.2) is 16.2 Å². The summed E-state index contributed by atoms with van der Waals surface area (Å²) in [4.78, 5) is 4.08. The van der Waals surface area contributed by atoms with Gasteiger partial charge in [-0.3, -0.25) is 4.98 Å². The van der Waals surface area contributed by atoms with Crippen molar-refractivity contribution in [2.45, 2.75) is 38.9 Å². The molecule has 1 atom stereocenters. The molecule has 1 heterocycles. The normalized spacial score (nSPS) is 12.4. The number of hydrogen-bond donors (Lipinski definition) is 1. The standard InChI is InChI=1S/C17H21NO2/c1-13(2)20-16-8-6-15(7-9-16)17(19)10-5-14-4-3-11-18-12-14/h3-4,6-9,11-13,17,19H,5,10H2,1-2H3. The zero-order chi connectivity index (χ0) is 14.4. The SMILES string of the molecule is CC(C)Oc1ccc(C(O)CCc2cccnc2)cc1. The van der Waals surface area contributed by atoms with Crippen LogP contribution in [0.2, 0.25) is 0 Å². The van der Waals surface area contributed by atoms with Crippen LogP contribution in [0.5, 0.6) is 5.75 Å². The molecule has 20 heavy (non-hydrogen) atoms. The summed E-state index contributed by atoms with van der Waals surface area (Å²) in [5.74, 6) is 0.836. The molecule has 0 aliphatic carbocycles. The summed E-state index contributed by atoms with van der Waals surface area (Å²) >= 11 is 0. The van der Waals surface area contributed by atoms with Gasteiger partial charge in [-0.25, -0.2) is 0 Å². The van der Waals surface area contributed by atoms with E-state index in [-0.39, 0.29) is 6.10 Å². The predicted molar refractivity (Wildman–Crippen MR) is 79.7 cm³/mol. The minimum Gasteiger partial charge on any atom is -0.491 e. The summed E-state index contributed by atoms with van der Waals surface area (Å²) in [5, 5.41) is 10.2. The number of nitrogens with zero attached hydrogens (tertiary/aromatic N) is 1. The van der Waals surface area contributed by atoms with Gasteiger partial charge < -0.3 is 9.84 Å². The van der Waals surface area contributed by atoms with Gasteiger partial charge in [0.25, 0.3) is 0 Å². The number of hydrogen-bond acceptors (Lipinski definition) is 3. The van der Waals surface area contributed by atoms with E-state index in [2.05, 4.69) is 4.98 Å². The van der Waals surface area contributed by atoms with Crippen molar-refractivity contribution in [1.82, 2.24) is 4.98 Å². The third-order valence-corrected chi connectivity index (χ3v) is 3.07. The highest BCUT2D eigenvalue weighted by molar-refractivity contribution is 5.28. The molecule has 0 fully saturated rings. The molecule has 106 valence electrons. The van der Waals surface area contributed by atoms with Crippen molar-refractivity contribution in [3.8, 4) is 5.75 Å². The topological polar surface area (TPSA) is 42.4 Å². The first-order valence-corrected chi connectivity index (χ1v) is 6.98. The fourth-order valence-corrected chi connectivity index (χ4v) is 2.06. The zero-order valence-corrected chi connectivity index (χ0v) is 12.0. The smallest absolute Gasteiger partial charge is 0.119 e. The van der Waals surface area contributed by atoms with Gasteiger partial charge in [0.1, 0.15) is 5.75 Å². The van der Waals surface area contributed by atoms with Crippen LogP contribution in [0.3, 0.4) is 0 Å². The van der Waals surface area contributed by atoms with Crippen molar-refractivity contribution < 1.29 is 9.84 Å². The van der Waals surface area contributed by atoms with Gasteiger partial charge in [-0.15, -0.1) is 0 Å². The van der Waals surface area contributed by atoms with Crippen LogP contribution in [0.4, 0.5) is 0 Å². The third-order valence-electron chi connectivity index (χ3n) is 3.07. The first-order chi connectivity index (χ1) is 9.65. The number of benzene rings is 1. The van der Waals surface area contributed by atoms with E-state index in [1.807, 2.05) is 56.4 Å². The zero-order valence-electron chi connectivity index (χ0n) is 12.0. The molecule has 0 aliphatic heterocycles. The molecule has 0 aliphatic rings. The van der Waals surface area contributed by atoms with Gasteiger partial charge in [0, 0.05) is 12.4 Å². The molecule has 1 N–H and O–H groups in total. The fourth-order valence-electron chi connectivity index (χ4n) is 2.06. The summed E-state index contributed by atoms with van der Waals surface area (Å²) in [5.41, 5.74) is 2.07. The minimum atomic E-state index is -0.455. The van der Waals surface area contributed by atoms with E-state index < -0.39 is 6.10 Å². The lowest BCUT2D eigenvalue weighted by Gasteiger charge is -2.13. The van der Waals surface area contributed by atoms with Gasteiger partial charge >= 0.3 is 0 Å². The third kappa shape index (κ3) is 4.35. The highest BCUT2D eigenvalue weighted by Gasteiger charge is 2.08. The molecule has 0 bridgehead atoms. The summed E-state index contributed by atoms with van der Waals surface area (Å²) < 4.78 is 5.59. The maximum Gasteiger partial charge on any atom is 0.119 e. The van der Waals surface area contributed by atoms with Crippen LogP contribution in [0.25, 0.3) is 0 Å². The molecule has 2 aromatic rings. The molecule has 1 unspecified atom stereocenters. The Morgan fingerprint density at radius 3 is 2.50 bits per heavy atom. The number of aliphatic hydroxyl groups is 1. The van der Waals surface area contributed by atoms with Gasteiger partial charge in [0.15, 0.2) is 0 Å². The summed E-state index contributed by atoms with van der Waals surface area (Å²) in [6.07, 6.45) is 4.81. The molecule has 0 amide bonds. The Morgan fingerprint density at radius 2 is 1.90 bits per heavy atom. The minimum absolute atomic E-state index is 0.163. The molecule has 1 aromatic carbocycles. The van der Waals surface area contributed by atoms with E-state index in [1.165, 1.54) is 0 Å². The molecule has 3 heteroatoms. The second kappa shape index (κ2) is 7.06. The molecule has 0 radical (unpaired) electrons. The summed E-state index contributed by atoms with van der Waals surface area (Å²) in [6.45, 7) is 3.99. The van der Waals surface area contributed by atoms with Crippen LogP contribution in [-0.2, 0) is 6.42 Å². The largest absolute Gasteiger partial charge is 0.491 e. The Labute approximate surface area is 120 Å². The van der Waals surface area contributed by atoms with E-state index >= 15 is 0 Å². The maximum absolute atomic E-state index is 10.2. The van der Waals surface area contributed by atoms with Gasteiger partial charge in [-0.2, -0.15) is 0 Å². The van der Waals surface area contributed by atoms with Crippen molar-refractivity contribution in [3.05, 3.63) is 59.9 Å². The van der Waals surface area contributed by atoms with Crippen molar-refractivity contribution in [3.63, 3.8) is 0 Å². The molecule has 0 saturated carbocycles. The van der Waals surface area contributed by atoms with Gasteiger partial charge in [0.2, 0.25) is 0 Å². The van der Waals surface area contributed by atoms with Gasteiger partial charge in [-0.05, 0) is 56.0 Å². The quantitative estimate of drug-likeness (QED) is 0.874. The molecular formula is C17H21NO2. The lowest BCUT2D eigenvalue weighted by atomic mass is 10.0.